The fourth-order valence-corrected chi connectivity index (χ4v) is 12.5. The fraction of sp³-hybridized carbons (Fsp3) is 0.154. The third-order valence-electron chi connectivity index (χ3n) is 12.9. The van der Waals surface area contributed by atoms with E-state index >= 15 is 0 Å². The van der Waals surface area contributed by atoms with Crippen LogP contribution in [0.3, 0.4) is 0 Å². The van der Waals surface area contributed by atoms with E-state index in [9.17, 15) is 19.2 Å². The first-order valence-corrected chi connectivity index (χ1v) is 24.1. The molecule has 8 nitrogen and oxygen atoms in total. The van der Waals surface area contributed by atoms with Gasteiger partial charge in [-0.25, -0.2) is 9.80 Å². The van der Waals surface area contributed by atoms with Crippen LogP contribution in [0.2, 0.25) is 0 Å². The lowest BCUT2D eigenvalue weighted by Crippen LogP contribution is -2.44. The van der Waals surface area contributed by atoms with Crippen LogP contribution in [0.25, 0.3) is 30.3 Å². The van der Waals surface area contributed by atoms with Crippen LogP contribution < -0.4 is 9.80 Å². The number of benzene rings is 4. The molecule has 6 heterocycles. The van der Waals surface area contributed by atoms with Crippen LogP contribution in [0, 0.1) is 55.4 Å². The second kappa shape index (κ2) is 15.7. The highest BCUT2D eigenvalue weighted by Gasteiger charge is 2.42. The number of carbonyl (C=O) groups is 4. The first kappa shape index (κ1) is 41.6. The van der Waals surface area contributed by atoms with E-state index in [2.05, 4.69) is 47.2 Å². The smallest absolute Gasteiger partial charge is 0.266 e. The van der Waals surface area contributed by atoms with Gasteiger partial charge in [0.05, 0.1) is 22.7 Å². The standard InChI is InChI=1S/C52H40N4O4S4/c1-25-29(5)47(30(6)26(2)45(25)53-23-33-13-19-41(63-33)39-11-9-21-61-39)55-49(57)35-15-17-37-44-38(18-16-36(43(35)44)50(55)58)52(60)56(51(37)59)48-31(7)27(3)46(28(4)32(48)8)54-24-34-14-20-42(64-34)40-12-10-22-62-40/h9-24H,1-8H3. The fourth-order valence-electron chi connectivity index (χ4n) is 9.09. The number of hydrogen-bond acceptors (Lipinski definition) is 10. The number of hydrogen-bond donors (Lipinski definition) is 0. The maximum atomic E-state index is 14.7. The predicted molar refractivity (Wildman–Crippen MR) is 267 cm³/mol. The molecular formula is C52H40N4O4S4. The van der Waals surface area contributed by atoms with E-state index in [4.69, 9.17) is 9.98 Å². The summed E-state index contributed by atoms with van der Waals surface area (Å²) in [6, 6.07) is 23.1. The Labute approximate surface area is 386 Å². The number of nitrogens with zero attached hydrogens (tertiary/aromatic N) is 4. The lowest BCUT2D eigenvalue weighted by molar-refractivity contribution is 0.0872. The second-order valence-electron chi connectivity index (χ2n) is 16.2. The lowest BCUT2D eigenvalue weighted by Gasteiger charge is -2.34. The molecule has 0 bridgehead atoms. The van der Waals surface area contributed by atoms with Crippen LogP contribution in [-0.2, 0) is 0 Å². The normalized spacial score (nSPS) is 13.9. The van der Waals surface area contributed by atoms with Crippen LogP contribution >= 0.6 is 45.3 Å². The van der Waals surface area contributed by atoms with Gasteiger partial charge in [-0.1, -0.05) is 12.1 Å². The van der Waals surface area contributed by atoms with Crippen molar-refractivity contribution in [3.05, 3.63) is 160 Å². The molecule has 0 saturated heterocycles. The monoisotopic (exact) mass is 912 g/mol. The van der Waals surface area contributed by atoms with E-state index in [0.29, 0.717) is 22.1 Å². The van der Waals surface area contributed by atoms with Gasteiger partial charge >= 0.3 is 0 Å². The quantitative estimate of drug-likeness (QED) is 0.112. The number of anilines is 2. The molecule has 0 spiro atoms. The van der Waals surface area contributed by atoms with Crippen molar-refractivity contribution in [3.63, 3.8) is 0 Å². The molecule has 316 valence electrons. The van der Waals surface area contributed by atoms with Gasteiger partial charge < -0.3 is 0 Å². The summed E-state index contributed by atoms with van der Waals surface area (Å²) in [6.07, 6.45) is 3.74. The summed E-state index contributed by atoms with van der Waals surface area (Å²) in [5.41, 5.74) is 10.1. The Bertz CT molecular complexity index is 3050. The number of thiophene rings is 4. The summed E-state index contributed by atoms with van der Waals surface area (Å²) < 4.78 is 0. The van der Waals surface area contributed by atoms with E-state index in [1.54, 1.807) is 69.6 Å². The van der Waals surface area contributed by atoms with Crippen molar-refractivity contribution in [3.8, 4) is 19.5 Å². The summed E-state index contributed by atoms with van der Waals surface area (Å²) in [7, 11) is 0. The molecule has 64 heavy (non-hydrogen) atoms. The van der Waals surface area contributed by atoms with Crippen molar-refractivity contribution < 1.29 is 19.2 Å². The van der Waals surface area contributed by atoms with Gasteiger partial charge in [0.15, 0.2) is 0 Å². The molecule has 0 atom stereocenters. The van der Waals surface area contributed by atoms with Crippen molar-refractivity contribution in [2.45, 2.75) is 55.4 Å². The van der Waals surface area contributed by atoms with Gasteiger partial charge in [-0.3, -0.25) is 29.2 Å². The number of carbonyl (C=O) groups excluding carboxylic acids is 4. The van der Waals surface area contributed by atoms with Gasteiger partial charge in [0.25, 0.3) is 23.6 Å². The topological polar surface area (TPSA) is 99.5 Å². The first-order chi connectivity index (χ1) is 30.8. The Hall–Kier alpha value is -6.44. The molecule has 0 N–H and O–H groups in total. The molecule has 0 aliphatic carbocycles. The molecule has 0 saturated carbocycles. The molecule has 4 aromatic carbocycles. The van der Waals surface area contributed by atoms with Crippen LogP contribution in [0.15, 0.2) is 93.5 Å². The van der Waals surface area contributed by atoms with E-state index in [-0.39, 0.29) is 22.3 Å². The highest BCUT2D eigenvalue weighted by molar-refractivity contribution is 7.22. The van der Waals surface area contributed by atoms with Crippen molar-refractivity contribution in [1.82, 2.24) is 0 Å². The molecule has 12 heteroatoms. The number of aliphatic imine (C=N–C) groups is 2. The number of rotatable bonds is 8. The van der Waals surface area contributed by atoms with Crippen molar-refractivity contribution in [1.29, 1.82) is 0 Å². The molecule has 0 radical (unpaired) electrons. The summed E-state index contributed by atoms with van der Waals surface area (Å²) in [5.74, 6) is -2.04. The zero-order chi connectivity index (χ0) is 44.9. The molecule has 0 unspecified atom stereocenters. The highest BCUT2D eigenvalue weighted by atomic mass is 32.1. The average molecular weight is 913 g/mol. The van der Waals surface area contributed by atoms with Crippen LogP contribution in [0.1, 0.15) is 95.7 Å². The Morgan fingerprint density at radius 1 is 0.406 bits per heavy atom. The summed E-state index contributed by atoms with van der Waals surface area (Å²) >= 11 is 6.75. The highest BCUT2D eigenvalue weighted by Crippen LogP contribution is 2.46. The maximum absolute atomic E-state index is 14.7. The van der Waals surface area contributed by atoms with Crippen molar-refractivity contribution in [2.75, 3.05) is 9.80 Å². The van der Waals surface area contributed by atoms with Gasteiger partial charge in [-0.15, -0.1) is 45.3 Å². The van der Waals surface area contributed by atoms with Crippen LogP contribution in [-0.4, -0.2) is 36.1 Å². The molecule has 2 aliphatic heterocycles. The second-order valence-corrected chi connectivity index (χ2v) is 20.4. The van der Waals surface area contributed by atoms with Crippen LogP contribution in [0.4, 0.5) is 22.7 Å². The average Bonchev–Trinajstić information content (AvgIpc) is 4.14. The molecule has 4 amide bonds. The Kier molecular flexibility index (Phi) is 10.2. The lowest BCUT2D eigenvalue weighted by atomic mass is 9.84. The molecule has 0 fully saturated rings. The van der Waals surface area contributed by atoms with Gasteiger partial charge in [-0.2, -0.15) is 0 Å². The van der Waals surface area contributed by atoms with Gasteiger partial charge in [0.2, 0.25) is 0 Å². The van der Waals surface area contributed by atoms with Gasteiger partial charge in [0.1, 0.15) is 0 Å². The summed E-state index contributed by atoms with van der Waals surface area (Å²) in [4.78, 5) is 78.0. The van der Waals surface area contributed by atoms with E-state index in [1.165, 1.54) is 29.3 Å². The van der Waals surface area contributed by atoms with Gasteiger partial charge in [0, 0.05) is 74.7 Å². The van der Waals surface area contributed by atoms with Gasteiger partial charge in [-0.05, 0) is 171 Å². The molecule has 8 aromatic rings. The Morgan fingerprint density at radius 3 is 1.03 bits per heavy atom. The van der Waals surface area contributed by atoms with Crippen molar-refractivity contribution in [2.24, 2.45) is 9.98 Å². The van der Waals surface area contributed by atoms with Crippen molar-refractivity contribution >= 4 is 115 Å². The largest absolute Gasteiger partial charge is 0.268 e. The predicted octanol–water partition coefficient (Wildman–Crippen LogP) is 14.0. The summed E-state index contributed by atoms with van der Waals surface area (Å²) in [6.45, 7) is 15.5. The van der Waals surface area contributed by atoms with E-state index in [1.807, 2.05) is 80.0 Å². The molecular weight excluding hydrogens is 873 g/mol. The summed E-state index contributed by atoms with van der Waals surface area (Å²) in [5, 5.41) is 4.78. The third-order valence-corrected chi connectivity index (χ3v) is 17.0. The van der Waals surface area contributed by atoms with E-state index in [0.717, 1.165) is 65.6 Å². The third kappa shape index (κ3) is 6.34. The minimum absolute atomic E-state index is 0.259. The first-order valence-electron chi connectivity index (χ1n) is 20.7. The molecule has 4 aromatic heterocycles. The number of amides is 4. The Morgan fingerprint density at radius 2 is 0.734 bits per heavy atom. The van der Waals surface area contributed by atoms with Crippen LogP contribution in [0.5, 0.6) is 0 Å². The Balaban J connectivity index is 0.986. The SMILES string of the molecule is Cc1c(C)c(N2C(=O)c3ccc4c5c(ccc(c35)C2=O)C(=O)N(c2c(C)c(C)c(N=Cc3ccc(-c5cccs5)s3)c(C)c2C)C4=O)c(C)c(C)c1N=Cc1ccc(-c2cccs2)s1. The molecule has 2 aliphatic rings. The minimum Gasteiger partial charge on any atom is -0.268 e. The maximum Gasteiger partial charge on any atom is 0.266 e. The number of imide groups is 2. The zero-order valence-corrected chi connectivity index (χ0v) is 39.6. The van der Waals surface area contributed by atoms with E-state index < -0.39 is 23.6 Å². The zero-order valence-electron chi connectivity index (χ0n) is 36.3. The minimum atomic E-state index is -0.510. The molecule has 10 rings (SSSR count).